The van der Waals surface area contributed by atoms with E-state index in [0.29, 0.717) is 28.3 Å². The van der Waals surface area contributed by atoms with Crippen LogP contribution < -0.4 is 10.4 Å². The molecule has 5 rings (SSSR count). The lowest BCUT2D eigenvalue weighted by Crippen LogP contribution is -2.66. The molecule has 0 bridgehead atoms. The van der Waals surface area contributed by atoms with Crippen LogP contribution in [-0.4, -0.2) is 40.9 Å². The van der Waals surface area contributed by atoms with Gasteiger partial charge in [-0.2, -0.15) is 0 Å². The first-order valence-corrected chi connectivity index (χ1v) is 14.6. The Labute approximate surface area is 228 Å². The first kappa shape index (κ1) is 26.5. The number of aliphatic hydroxyl groups excluding tert-OH is 1. The van der Waals surface area contributed by atoms with Crippen LogP contribution in [0.5, 0.6) is 0 Å². The van der Waals surface area contributed by atoms with Gasteiger partial charge in [-0.25, -0.2) is 14.8 Å². The summed E-state index contributed by atoms with van der Waals surface area (Å²) in [7, 11) is -1.55. The molecule has 0 aliphatic rings. The summed E-state index contributed by atoms with van der Waals surface area (Å²) < 4.78 is 18.8. The molecule has 9 heteroatoms. The van der Waals surface area contributed by atoms with E-state index in [1.807, 2.05) is 36.4 Å². The van der Waals surface area contributed by atoms with E-state index in [1.165, 1.54) is 19.8 Å². The van der Waals surface area contributed by atoms with Crippen molar-refractivity contribution in [2.45, 2.75) is 38.5 Å². The van der Waals surface area contributed by atoms with Gasteiger partial charge in [-0.15, -0.1) is 0 Å². The van der Waals surface area contributed by atoms with Gasteiger partial charge in [0.05, 0.1) is 30.7 Å². The van der Waals surface area contributed by atoms with Gasteiger partial charge < -0.3 is 18.7 Å². The molecule has 1 N–H and O–H groups in total. The number of imidazole rings is 1. The van der Waals surface area contributed by atoms with E-state index < -0.39 is 20.4 Å². The Morgan fingerprint density at radius 3 is 2.21 bits per heavy atom. The molecule has 0 saturated heterocycles. The summed E-state index contributed by atoms with van der Waals surface area (Å²) in [5, 5.41) is 13.5. The zero-order chi connectivity index (χ0) is 27.6. The highest BCUT2D eigenvalue weighted by Crippen LogP contribution is 2.38. The summed E-state index contributed by atoms with van der Waals surface area (Å²) in [6.45, 7) is 6.75. The lowest BCUT2D eigenvalue weighted by atomic mass is 10.1. The number of rotatable bonds is 8. The van der Waals surface area contributed by atoms with Gasteiger partial charge in [0.15, 0.2) is 6.39 Å². The molecular weight excluding hydrogens is 510 g/mol. The van der Waals surface area contributed by atoms with Crippen LogP contribution in [0.4, 0.5) is 0 Å². The summed E-state index contributed by atoms with van der Waals surface area (Å²) in [5.41, 5.74) is 2.20. The third kappa shape index (κ3) is 4.80. The second-order valence-electron chi connectivity index (χ2n) is 10.3. The van der Waals surface area contributed by atoms with Crippen LogP contribution in [0.1, 0.15) is 54.3 Å². The minimum absolute atomic E-state index is 0.132. The second-order valence-corrected chi connectivity index (χ2v) is 14.7. The van der Waals surface area contributed by atoms with Gasteiger partial charge in [0.2, 0.25) is 0 Å². The standard InChI is InChI=1S/C30H31N3O5Si/c1-30(2,3)39(22-11-7-5-8-12-22,23-13-9-6-10-14-23)38-19-24-27(28(34)25-18-37-20-31-25)33-17-21(29(35)36-4)15-16-26(33)32-24/h5-18,20,28,34H,19H2,1-4H3. The molecule has 0 amide bonds. The topological polar surface area (TPSA) is 99.1 Å². The number of benzene rings is 2. The van der Waals surface area contributed by atoms with E-state index in [9.17, 15) is 9.90 Å². The molecule has 1 unspecified atom stereocenters. The Bertz CT molecular complexity index is 1520. The lowest BCUT2D eigenvalue weighted by molar-refractivity contribution is 0.0600. The Morgan fingerprint density at radius 2 is 1.67 bits per heavy atom. The van der Waals surface area contributed by atoms with Crippen molar-refractivity contribution in [1.82, 2.24) is 14.4 Å². The highest BCUT2D eigenvalue weighted by Gasteiger charge is 2.50. The van der Waals surface area contributed by atoms with E-state index >= 15 is 0 Å². The van der Waals surface area contributed by atoms with Crippen LogP contribution in [0.25, 0.3) is 5.65 Å². The summed E-state index contributed by atoms with van der Waals surface area (Å²) in [4.78, 5) is 21.3. The average molecular weight is 542 g/mol. The lowest BCUT2D eigenvalue weighted by Gasteiger charge is -2.43. The van der Waals surface area contributed by atoms with Crippen molar-refractivity contribution in [3.63, 3.8) is 0 Å². The van der Waals surface area contributed by atoms with Gasteiger partial charge in [-0.1, -0.05) is 81.4 Å². The maximum atomic E-state index is 12.3. The summed E-state index contributed by atoms with van der Waals surface area (Å²) >= 11 is 0. The largest absolute Gasteiger partial charge is 0.465 e. The number of hydrogen-bond donors (Lipinski definition) is 1. The Hall–Kier alpha value is -4.05. The van der Waals surface area contributed by atoms with Gasteiger partial charge in [-0.3, -0.25) is 4.40 Å². The predicted molar refractivity (Wildman–Crippen MR) is 150 cm³/mol. The van der Waals surface area contributed by atoms with Gasteiger partial charge in [0.25, 0.3) is 8.32 Å². The van der Waals surface area contributed by atoms with Crippen LogP contribution in [-0.2, 0) is 15.8 Å². The molecule has 2 aromatic carbocycles. The highest BCUT2D eigenvalue weighted by molar-refractivity contribution is 6.99. The minimum atomic E-state index is -2.88. The van der Waals surface area contributed by atoms with E-state index in [4.69, 9.17) is 18.6 Å². The van der Waals surface area contributed by atoms with E-state index in [2.05, 4.69) is 50.0 Å². The van der Waals surface area contributed by atoms with Crippen molar-refractivity contribution in [1.29, 1.82) is 0 Å². The number of nitrogens with zero attached hydrogens (tertiary/aromatic N) is 3. The molecule has 0 radical (unpaired) electrons. The molecule has 1 atom stereocenters. The zero-order valence-electron chi connectivity index (χ0n) is 22.4. The maximum Gasteiger partial charge on any atom is 0.339 e. The van der Waals surface area contributed by atoms with Crippen molar-refractivity contribution < 1.29 is 23.5 Å². The van der Waals surface area contributed by atoms with Crippen LogP contribution in [0.3, 0.4) is 0 Å². The van der Waals surface area contributed by atoms with Crippen molar-refractivity contribution in [2.24, 2.45) is 0 Å². The predicted octanol–water partition coefficient (Wildman–Crippen LogP) is 4.27. The fourth-order valence-electron chi connectivity index (χ4n) is 5.18. The molecule has 0 spiro atoms. The summed E-state index contributed by atoms with van der Waals surface area (Å²) in [5.74, 6) is -0.488. The smallest absolute Gasteiger partial charge is 0.339 e. The molecule has 39 heavy (non-hydrogen) atoms. The number of aliphatic hydroxyl groups is 1. The van der Waals surface area contributed by atoms with Crippen LogP contribution >= 0.6 is 0 Å². The summed E-state index contributed by atoms with van der Waals surface area (Å²) in [6, 6.07) is 24.0. The number of oxazole rings is 1. The van der Waals surface area contributed by atoms with Gasteiger partial charge in [0, 0.05) is 6.20 Å². The molecule has 200 valence electrons. The SMILES string of the molecule is COC(=O)c1ccc2nc(CO[Si](c3ccccc3)(c3ccccc3)C(C)(C)C)c(C(O)c3cocn3)n2c1. The Morgan fingerprint density at radius 1 is 1.03 bits per heavy atom. The molecule has 0 aliphatic carbocycles. The van der Waals surface area contributed by atoms with Crippen LogP contribution in [0, 0.1) is 0 Å². The number of fused-ring (bicyclic) bond motifs is 1. The molecule has 3 heterocycles. The van der Waals surface area contributed by atoms with Gasteiger partial charge >= 0.3 is 5.97 Å². The van der Waals surface area contributed by atoms with E-state index in [1.54, 1.807) is 22.7 Å². The third-order valence-electron chi connectivity index (χ3n) is 6.99. The number of ether oxygens (including phenoxy) is 1. The number of hydrogen-bond acceptors (Lipinski definition) is 7. The first-order chi connectivity index (χ1) is 18.8. The fourth-order valence-corrected chi connectivity index (χ4v) is 9.69. The quantitative estimate of drug-likeness (QED) is 0.231. The number of pyridine rings is 1. The second kappa shape index (κ2) is 10.6. The minimum Gasteiger partial charge on any atom is -0.465 e. The summed E-state index contributed by atoms with van der Waals surface area (Å²) in [6.07, 6.45) is 3.10. The number of carbonyl (C=O) groups is 1. The highest BCUT2D eigenvalue weighted by atomic mass is 28.4. The Kier molecular flexibility index (Phi) is 7.22. The van der Waals surface area contributed by atoms with Crippen molar-refractivity contribution in [3.05, 3.63) is 114 Å². The molecule has 0 fully saturated rings. The Balaban J connectivity index is 1.67. The van der Waals surface area contributed by atoms with Crippen LogP contribution in [0.15, 0.2) is 96.1 Å². The number of aromatic nitrogens is 3. The molecule has 0 aliphatic heterocycles. The third-order valence-corrected chi connectivity index (χ3v) is 12.0. The fraction of sp³-hybridized carbons (Fsp3) is 0.233. The van der Waals surface area contributed by atoms with Gasteiger partial charge in [0.1, 0.15) is 23.7 Å². The zero-order valence-corrected chi connectivity index (χ0v) is 23.4. The molecular formula is C30H31N3O5Si. The monoisotopic (exact) mass is 541 g/mol. The molecule has 8 nitrogen and oxygen atoms in total. The molecule has 0 saturated carbocycles. The normalized spacial score (nSPS) is 12.9. The molecule has 3 aromatic heterocycles. The van der Waals surface area contributed by atoms with Crippen molar-refractivity contribution in [2.75, 3.05) is 7.11 Å². The van der Waals surface area contributed by atoms with E-state index in [-0.39, 0.29) is 11.6 Å². The number of esters is 1. The maximum absolute atomic E-state index is 12.3. The molecule has 5 aromatic rings. The van der Waals surface area contributed by atoms with E-state index in [0.717, 1.165) is 10.4 Å². The van der Waals surface area contributed by atoms with Crippen molar-refractivity contribution >= 4 is 30.3 Å². The van der Waals surface area contributed by atoms with Crippen molar-refractivity contribution in [3.8, 4) is 0 Å². The first-order valence-electron chi connectivity index (χ1n) is 12.7. The number of methoxy groups -OCH3 is 1. The van der Waals surface area contributed by atoms with Crippen LogP contribution in [0.2, 0.25) is 5.04 Å². The average Bonchev–Trinajstić information content (AvgIpc) is 3.61. The number of carbonyl (C=O) groups excluding carboxylic acids is 1. The van der Waals surface area contributed by atoms with Gasteiger partial charge in [-0.05, 0) is 27.5 Å².